The van der Waals surface area contributed by atoms with Crippen LogP contribution in [0, 0.1) is 5.82 Å². The van der Waals surface area contributed by atoms with Crippen LogP contribution in [0.4, 0.5) is 4.39 Å². The first-order valence-electron chi connectivity index (χ1n) is 11.9. The quantitative estimate of drug-likeness (QED) is 0.211. The lowest BCUT2D eigenvalue weighted by atomic mass is 10.1. The summed E-state index contributed by atoms with van der Waals surface area (Å²) in [5.41, 5.74) is 1.08. The topological polar surface area (TPSA) is 23.6 Å². The van der Waals surface area contributed by atoms with E-state index in [9.17, 15) is 9.18 Å². The van der Waals surface area contributed by atoms with Crippen LogP contribution in [0.5, 0.6) is 0 Å². The van der Waals surface area contributed by atoms with E-state index in [-0.39, 0.29) is 11.7 Å². The molecule has 0 unspecified atom stereocenters. The number of carbonyl (C=O) groups is 1. The van der Waals surface area contributed by atoms with Gasteiger partial charge in [-0.25, -0.2) is 4.39 Å². The summed E-state index contributed by atoms with van der Waals surface area (Å²) in [6.45, 7) is 8.58. The van der Waals surface area contributed by atoms with Gasteiger partial charge in [-0.3, -0.25) is 4.79 Å². The third kappa shape index (κ3) is 5.60. The Kier molecular flexibility index (Phi) is 8.19. The zero-order chi connectivity index (χ0) is 24.1. The molecule has 34 heavy (non-hydrogen) atoms. The number of halogens is 2. The smallest absolute Gasteiger partial charge is 0.265 e. The number of nitrogens with zero attached hydrogens (tertiary/aromatic N) is 2. The molecule has 3 nitrogen and oxygen atoms in total. The van der Waals surface area contributed by atoms with Crippen LogP contribution in [-0.4, -0.2) is 41.9 Å². The van der Waals surface area contributed by atoms with Gasteiger partial charge in [-0.15, -0.1) is 11.3 Å². The van der Waals surface area contributed by atoms with Crippen molar-refractivity contribution in [1.29, 1.82) is 0 Å². The fourth-order valence-corrected chi connectivity index (χ4v) is 5.81. The Balaban J connectivity index is 1.58. The molecule has 0 aliphatic carbocycles. The molecule has 1 heterocycles. The Morgan fingerprint density at radius 2 is 1.68 bits per heavy atom. The highest BCUT2D eigenvalue weighted by Gasteiger charge is 2.23. The van der Waals surface area contributed by atoms with Crippen molar-refractivity contribution in [2.75, 3.05) is 26.2 Å². The molecule has 1 aromatic heterocycles. The van der Waals surface area contributed by atoms with Gasteiger partial charge in [0.25, 0.3) is 5.91 Å². The van der Waals surface area contributed by atoms with Gasteiger partial charge >= 0.3 is 0 Å². The number of hydrogen-bond acceptors (Lipinski definition) is 3. The number of amides is 1. The summed E-state index contributed by atoms with van der Waals surface area (Å²) in [4.78, 5) is 18.4. The van der Waals surface area contributed by atoms with Crippen molar-refractivity contribution in [3.8, 4) is 0 Å². The van der Waals surface area contributed by atoms with E-state index < -0.39 is 0 Å². The van der Waals surface area contributed by atoms with Crippen LogP contribution in [0.25, 0.3) is 20.9 Å². The van der Waals surface area contributed by atoms with Crippen LogP contribution in [0.15, 0.2) is 60.7 Å². The Bertz CT molecular complexity index is 1280. The number of hydrogen-bond donors (Lipinski definition) is 0. The van der Waals surface area contributed by atoms with E-state index in [0.29, 0.717) is 27.7 Å². The van der Waals surface area contributed by atoms with Gasteiger partial charge < -0.3 is 9.80 Å². The molecule has 0 saturated carbocycles. The highest BCUT2D eigenvalue weighted by molar-refractivity contribution is 7.21. The molecule has 0 spiro atoms. The minimum absolute atomic E-state index is 0.0948. The first-order valence-corrected chi connectivity index (χ1v) is 13.1. The summed E-state index contributed by atoms with van der Waals surface area (Å²) in [7, 11) is 0. The van der Waals surface area contributed by atoms with Crippen LogP contribution in [0.3, 0.4) is 0 Å². The van der Waals surface area contributed by atoms with Gasteiger partial charge in [-0.1, -0.05) is 61.8 Å². The molecule has 0 aliphatic heterocycles. The fourth-order valence-electron chi connectivity index (χ4n) is 4.31. The van der Waals surface area contributed by atoms with Crippen molar-refractivity contribution in [2.45, 2.75) is 33.2 Å². The molecule has 0 aliphatic rings. The maximum Gasteiger partial charge on any atom is 0.265 e. The van der Waals surface area contributed by atoms with Crippen LogP contribution >= 0.6 is 22.9 Å². The fraction of sp³-hybridized carbons (Fsp3) is 0.321. The molecule has 6 heteroatoms. The molecular formula is C28H30ClFN2OS. The monoisotopic (exact) mass is 496 g/mol. The Morgan fingerprint density at radius 3 is 2.44 bits per heavy atom. The minimum Gasteiger partial charge on any atom is -0.334 e. The number of benzene rings is 3. The Labute approximate surface area is 209 Å². The van der Waals surface area contributed by atoms with Gasteiger partial charge in [0, 0.05) is 23.2 Å². The third-order valence-electron chi connectivity index (χ3n) is 6.31. The van der Waals surface area contributed by atoms with E-state index in [2.05, 4.69) is 49.1 Å². The van der Waals surface area contributed by atoms with Gasteiger partial charge in [-0.2, -0.15) is 0 Å². The van der Waals surface area contributed by atoms with Crippen molar-refractivity contribution in [3.63, 3.8) is 0 Å². The average molecular weight is 497 g/mol. The molecule has 4 rings (SSSR count). The van der Waals surface area contributed by atoms with Crippen molar-refractivity contribution in [2.24, 2.45) is 0 Å². The SMILES string of the molecule is CCN(CC)CCCCN(Cc1ccc2ccccc2c1)C(=O)c1sc2cc(F)ccc2c1Cl. The molecule has 0 bridgehead atoms. The number of unbranched alkanes of at least 4 members (excludes halogenated alkanes) is 1. The second kappa shape index (κ2) is 11.3. The van der Waals surface area contributed by atoms with Crippen LogP contribution in [0.2, 0.25) is 5.02 Å². The molecule has 0 atom stereocenters. The highest BCUT2D eigenvalue weighted by Crippen LogP contribution is 2.36. The maximum absolute atomic E-state index is 13.7. The maximum atomic E-state index is 13.7. The van der Waals surface area contributed by atoms with E-state index in [1.165, 1.54) is 28.9 Å². The number of rotatable bonds is 10. The molecule has 0 saturated heterocycles. The first-order chi connectivity index (χ1) is 16.5. The molecule has 3 aromatic carbocycles. The van der Waals surface area contributed by atoms with E-state index in [1.807, 2.05) is 17.0 Å². The molecule has 0 radical (unpaired) electrons. The summed E-state index contributed by atoms with van der Waals surface area (Å²) in [6.07, 6.45) is 1.93. The Morgan fingerprint density at radius 1 is 0.941 bits per heavy atom. The van der Waals surface area contributed by atoms with Crippen LogP contribution in [0.1, 0.15) is 41.9 Å². The molecule has 178 valence electrons. The zero-order valence-electron chi connectivity index (χ0n) is 19.7. The van der Waals surface area contributed by atoms with Crippen LogP contribution in [-0.2, 0) is 6.54 Å². The van der Waals surface area contributed by atoms with Crippen molar-refractivity contribution >= 4 is 49.7 Å². The number of carbonyl (C=O) groups excluding carboxylic acids is 1. The van der Waals surface area contributed by atoms with E-state index in [0.717, 1.165) is 48.8 Å². The van der Waals surface area contributed by atoms with Gasteiger partial charge in [0.15, 0.2) is 0 Å². The number of fused-ring (bicyclic) bond motifs is 2. The summed E-state index contributed by atoms with van der Waals surface area (Å²) in [6, 6.07) is 19.0. The predicted octanol–water partition coefficient (Wildman–Crippen LogP) is 7.61. The largest absolute Gasteiger partial charge is 0.334 e. The summed E-state index contributed by atoms with van der Waals surface area (Å²) in [5, 5.41) is 3.47. The van der Waals surface area contributed by atoms with Gasteiger partial charge in [-0.05, 0) is 73.1 Å². The van der Waals surface area contributed by atoms with E-state index >= 15 is 0 Å². The lowest BCUT2D eigenvalue weighted by Crippen LogP contribution is -2.32. The normalized spacial score (nSPS) is 11.6. The van der Waals surface area contributed by atoms with Crippen molar-refractivity contribution in [1.82, 2.24) is 9.80 Å². The van der Waals surface area contributed by atoms with E-state index in [4.69, 9.17) is 11.6 Å². The average Bonchev–Trinajstić information content (AvgIpc) is 3.18. The molecule has 0 fully saturated rings. The highest BCUT2D eigenvalue weighted by atomic mass is 35.5. The van der Waals surface area contributed by atoms with Gasteiger partial charge in [0.1, 0.15) is 10.7 Å². The second-order valence-corrected chi connectivity index (χ2v) is 9.96. The lowest BCUT2D eigenvalue weighted by Gasteiger charge is -2.24. The van der Waals surface area contributed by atoms with Gasteiger partial charge in [0.2, 0.25) is 0 Å². The summed E-state index contributed by atoms with van der Waals surface area (Å²) >= 11 is 7.87. The summed E-state index contributed by atoms with van der Waals surface area (Å²) in [5.74, 6) is -0.420. The molecule has 0 N–H and O–H groups in total. The Hall–Kier alpha value is -2.47. The second-order valence-electron chi connectivity index (χ2n) is 8.53. The zero-order valence-corrected chi connectivity index (χ0v) is 21.3. The molecule has 1 amide bonds. The molecule has 4 aromatic rings. The standard InChI is InChI=1S/C28H30ClFN2OS/c1-3-31(4-2)15-7-8-16-32(19-20-11-12-21-9-5-6-10-22(21)17-20)28(33)27-26(29)24-14-13-23(30)18-25(24)34-27/h5-6,9-14,17-18H,3-4,7-8,15-16,19H2,1-2H3. The predicted molar refractivity (Wildman–Crippen MR) is 143 cm³/mol. The number of thiophene rings is 1. The third-order valence-corrected chi connectivity index (χ3v) is 7.95. The summed E-state index contributed by atoms with van der Waals surface area (Å²) < 4.78 is 14.4. The van der Waals surface area contributed by atoms with Crippen molar-refractivity contribution in [3.05, 3.63) is 81.9 Å². The minimum atomic E-state index is -0.325. The van der Waals surface area contributed by atoms with Gasteiger partial charge in [0.05, 0.1) is 5.02 Å². The van der Waals surface area contributed by atoms with E-state index in [1.54, 1.807) is 6.07 Å². The lowest BCUT2D eigenvalue weighted by molar-refractivity contribution is 0.0743. The van der Waals surface area contributed by atoms with Crippen LogP contribution < -0.4 is 0 Å². The molecular weight excluding hydrogens is 467 g/mol. The first kappa shape index (κ1) is 24.6. The van der Waals surface area contributed by atoms with Crippen molar-refractivity contribution < 1.29 is 9.18 Å².